The molecular formula is C10H17N3O3. The van der Waals surface area contributed by atoms with E-state index in [2.05, 4.69) is 0 Å². The monoisotopic (exact) mass is 227 g/mol. The zero-order valence-corrected chi connectivity index (χ0v) is 9.22. The fourth-order valence-electron chi connectivity index (χ4n) is 1.96. The Bertz CT molecular complexity index is 283. The third-order valence-corrected chi connectivity index (χ3v) is 3.10. The Kier molecular flexibility index (Phi) is 3.11. The van der Waals surface area contributed by atoms with Gasteiger partial charge in [0.15, 0.2) is 0 Å². The summed E-state index contributed by atoms with van der Waals surface area (Å²) in [6, 6.07) is 0. The molecule has 0 spiro atoms. The van der Waals surface area contributed by atoms with E-state index in [0.717, 1.165) is 6.41 Å². The maximum absolute atomic E-state index is 11.9. The summed E-state index contributed by atoms with van der Waals surface area (Å²) in [6.07, 6.45) is 1.17. The fourth-order valence-corrected chi connectivity index (χ4v) is 1.96. The zero-order chi connectivity index (χ0) is 11.6. The van der Waals surface area contributed by atoms with Crippen molar-refractivity contribution >= 4 is 12.3 Å². The molecule has 0 bridgehead atoms. The predicted octanol–water partition coefficient (Wildman–Crippen LogP) is -1.60. The summed E-state index contributed by atoms with van der Waals surface area (Å²) in [5, 5.41) is 0. The average Bonchev–Trinajstić information content (AvgIpc) is 2.27. The fraction of sp³-hybridized carbons (Fsp3) is 0.800. The largest absolute Gasteiger partial charge is 0.377 e. The Labute approximate surface area is 94.3 Å². The van der Waals surface area contributed by atoms with Crippen molar-refractivity contribution < 1.29 is 14.3 Å². The quantitative estimate of drug-likeness (QED) is 0.589. The van der Waals surface area contributed by atoms with E-state index in [9.17, 15) is 9.59 Å². The molecule has 2 fully saturated rings. The minimum Gasteiger partial charge on any atom is -0.377 e. The van der Waals surface area contributed by atoms with Crippen LogP contribution < -0.4 is 5.73 Å². The van der Waals surface area contributed by atoms with Crippen LogP contribution in [0.15, 0.2) is 0 Å². The number of ether oxygens (including phenoxy) is 1. The Hall–Kier alpha value is -1.14. The number of carbonyl (C=O) groups excluding carboxylic acids is 2. The van der Waals surface area contributed by atoms with Crippen LogP contribution in [0.4, 0.5) is 0 Å². The molecule has 16 heavy (non-hydrogen) atoms. The van der Waals surface area contributed by atoms with Gasteiger partial charge in [0, 0.05) is 32.6 Å². The second kappa shape index (κ2) is 4.39. The van der Waals surface area contributed by atoms with Crippen LogP contribution in [0.3, 0.4) is 0 Å². The van der Waals surface area contributed by atoms with Crippen molar-refractivity contribution in [2.24, 2.45) is 5.73 Å². The SMILES string of the molecule is NC1(CC(=O)N2CCN(C=O)CC2)COC1. The molecule has 2 heterocycles. The molecule has 90 valence electrons. The van der Waals surface area contributed by atoms with Gasteiger partial charge in [-0.3, -0.25) is 9.59 Å². The first kappa shape index (κ1) is 11.3. The van der Waals surface area contributed by atoms with Crippen LogP contribution in [0.2, 0.25) is 0 Å². The van der Waals surface area contributed by atoms with Gasteiger partial charge >= 0.3 is 0 Å². The van der Waals surface area contributed by atoms with Gasteiger partial charge in [0.05, 0.1) is 18.8 Å². The summed E-state index contributed by atoms with van der Waals surface area (Å²) in [5.74, 6) is 0.0661. The lowest BCUT2D eigenvalue weighted by molar-refractivity contribution is -0.141. The van der Waals surface area contributed by atoms with Crippen molar-refractivity contribution in [1.82, 2.24) is 9.80 Å². The Morgan fingerprint density at radius 1 is 1.31 bits per heavy atom. The van der Waals surface area contributed by atoms with Crippen LogP contribution >= 0.6 is 0 Å². The highest BCUT2D eigenvalue weighted by Gasteiger charge is 2.37. The van der Waals surface area contributed by atoms with Crippen LogP contribution in [0.1, 0.15) is 6.42 Å². The van der Waals surface area contributed by atoms with E-state index in [-0.39, 0.29) is 5.91 Å². The molecule has 0 aliphatic carbocycles. The summed E-state index contributed by atoms with van der Waals surface area (Å²) in [7, 11) is 0. The molecular weight excluding hydrogens is 210 g/mol. The van der Waals surface area contributed by atoms with E-state index < -0.39 is 5.54 Å². The summed E-state index contributed by atoms with van der Waals surface area (Å²) in [5.41, 5.74) is 5.47. The molecule has 2 N–H and O–H groups in total. The van der Waals surface area contributed by atoms with Crippen molar-refractivity contribution in [1.29, 1.82) is 0 Å². The molecule has 0 saturated carbocycles. The third-order valence-electron chi connectivity index (χ3n) is 3.10. The van der Waals surface area contributed by atoms with Gasteiger partial charge in [-0.25, -0.2) is 0 Å². The number of nitrogens with zero attached hydrogens (tertiary/aromatic N) is 2. The number of rotatable bonds is 3. The van der Waals surface area contributed by atoms with E-state index in [1.807, 2.05) is 0 Å². The number of carbonyl (C=O) groups is 2. The number of hydrogen-bond donors (Lipinski definition) is 1. The minimum atomic E-state index is -0.459. The van der Waals surface area contributed by atoms with Gasteiger partial charge in [-0.2, -0.15) is 0 Å². The molecule has 0 aromatic rings. The molecule has 0 radical (unpaired) electrons. The Morgan fingerprint density at radius 2 is 1.94 bits per heavy atom. The molecule has 0 aromatic carbocycles. The standard InChI is InChI=1S/C10H17N3O3/c11-10(6-16-7-10)5-9(15)13-3-1-12(8-14)2-4-13/h8H,1-7,11H2. The van der Waals surface area contributed by atoms with Gasteiger partial charge in [-0.15, -0.1) is 0 Å². The zero-order valence-electron chi connectivity index (χ0n) is 9.22. The van der Waals surface area contributed by atoms with Gasteiger partial charge in [-0.05, 0) is 0 Å². The first-order valence-electron chi connectivity index (χ1n) is 5.47. The second-order valence-corrected chi connectivity index (χ2v) is 4.55. The topological polar surface area (TPSA) is 75.9 Å². The van der Waals surface area contributed by atoms with Crippen LogP contribution in [-0.4, -0.2) is 67.0 Å². The molecule has 6 nitrogen and oxygen atoms in total. The van der Waals surface area contributed by atoms with Crippen LogP contribution in [0, 0.1) is 0 Å². The predicted molar refractivity (Wildman–Crippen MR) is 56.6 cm³/mol. The highest BCUT2D eigenvalue weighted by atomic mass is 16.5. The first-order chi connectivity index (χ1) is 7.63. The van der Waals surface area contributed by atoms with Crippen molar-refractivity contribution in [3.8, 4) is 0 Å². The average molecular weight is 227 g/mol. The van der Waals surface area contributed by atoms with Crippen molar-refractivity contribution in [3.63, 3.8) is 0 Å². The van der Waals surface area contributed by atoms with Crippen LogP contribution in [0.25, 0.3) is 0 Å². The van der Waals surface area contributed by atoms with Gasteiger partial charge in [0.1, 0.15) is 0 Å². The Morgan fingerprint density at radius 3 is 2.38 bits per heavy atom. The van der Waals surface area contributed by atoms with Crippen molar-refractivity contribution in [2.45, 2.75) is 12.0 Å². The lowest BCUT2D eigenvalue weighted by Crippen LogP contribution is -2.60. The van der Waals surface area contributed by atoms with Gasteiger partial charge in [0.25, 0.3) is 0 Å². The number of nitrogens with two attached hydrogens (primary N) is 1. The summed E-state index contributed by atoms with van der Waals surface area (Å²) < 4.78 is 5.01. The van der Waals surface area contributed by atoms with E-state index in [0.29, 0.717) is 45.8 Å². The van der Waals surface area contributed by atoms with E-state index >= 15 is 0 Å². The van der Waals surface area contributed by atoms with E-state index in [1.165, 1.54) is 0 Å². The Balaban J connectivity index is 1.80. The molecule has 2 rings (SSSR count). The van der Waals surface area contributed by atoms with Crippen molar-refractivity contribution in [3.05, 3.63) is 0 Å². The second-order valence-electron chi connectivity index (χ2n) is 4.55. The highest BCUT2D eigenvalue weighted by Crippen LogP contribution is 2.19. The lowest BCUT2D eigenvalue weighted by Gasteiger charge is -2.40. The normalized spacial score (nSPS) is 23.8. The molecule has 6 heteroatoms. The maximum Gasteiger partial charge on any atom is 0.224 e. The molecule has 2 amide bonds. The lowest BCUT2D eigenvalue weighted by atomic mass is 9.94. The summed E-state index contributed by atoms with van der Waals surface area (Å²) in [4.78, 5) is 25.8. The molecule has 0 unspecified atom stereocenters. The molecule has 0 atom stereocenters. The first-order valence-corrected chi connectivity index (χ1v) is 5.47. The number of amides is 2. The van der Waals surface area contributed by atoms with Crippen LogP contribution in [0.5, 0.6) is 0 Å². The van der Waals surface area contributed by atoms with Gasteiger partial charge in [0.2, 0.25) is 12.3 Å². The smallest absolute Gasteiger partial charge is 0.224 e. The molecule has 2 aliphatic rings. The van der Waals surface area contributed by atoms with Crippen LogP contribution in [-0.2, 0) is 14.3 Å². The number of hydrogen-bond acceptors (Lipinski definition) is 4. The summed E-state index contributed by atoms with van der Waals surface area (Å²) >= 11 is 0. The van der Waals surface area contributed by atoms with Crippen molar-refractivity contribution in [2.75, 3.05) is 39.4 Å². The van der Waals surface area contributed by atoms with E-state index in [4.69, 9.17) is 10.5 Å². The number of piperazine rings is 1. The highest BCUT2D eigenvalue weighted by molar-refractivity contribution is 5.78. The molecule has 0 aromatic heterocycles. The summed E-state index contributed by atoms with van der Waals surface area (Å²) in [6.45, 7) is 3.37. The van der Waals surface area contributed by atoms with E-state index in [1.54, 1.807) is 9.80 Å². The van der Waals surface area contributed by atoms with Gasteiger partial charge in [-0.1, -0.05) is 0 Å². The molecule has 2 aliphatic heterocycles. The molecule has 2 saturated heterocycles. The third kappa shape index (κ3) is 2.33. The van der Waals surface area contributed by atoms with Gasteiger partial charge < -0.3 is 20.3 Å². The minimum absolute atomic E-state index is 0.0661. The maximum atomic E-state index is 11.9.